The number of aromatic nitrogens is 2. The average molecular weight is 461 g/mol. The summed E-state index contributed by atoms with van der Waals surface area (Å²) in [6.45, 7) is 11.4. The molecule has 1 aliphatic rings. The van der Waals surface area contributed by atoms with E-state index < -0.39 is 5.97 Å². The van der Waals surface area contributed by atoms with Gasteiger partial charge in [0.05, 0.1) is 12.3 Å². The van der Waals surface area contributed by atoms with Crippen LogP contribution in [0.25, 0.3) is 0 Å². The Morgan fingerprint density at radius 3 is 2.24 bits per heavy atom. The first-order chi connectivity index (χ1) is 16.0. The summed E-state index contributed by atoms with van der Waals surface area (Å²) in [6.07, 6.45) is 5.81. The van der Waals surface area contributed by atoms with E-state index >= 15 is 0 Å². The number of nitrogens with zero attached hydrogens (tertiary/aromatic N) is 2. The Bertz CT molecular complexity index is 1170. The quantitative estimate of drug-likeness (QED) is 0.436. The van der Waals surface area contributed by atoms with Crippen molar-refractivity contribution in [1.82, 2.24) is 9.55 Å². The summed E-state index contributed by atoms with van der Waals surface area (Å²) in [7, 11) is 1.89. The van der Waals surface area contributed by atoms with Crippen LogP contribution in [0.1, 0.15) is 94.0 Å². The molecule has 5 heteroatoms. The van der Waals surface area contributed by atoms with Crippen LogP contribution in [0.2, 0.25) is 0 Å². The van der Waals surface area contributed by atoms with Crippen molar-refractivity contribution < 1.29 is 14.6 Å². The Hall–Kier alpha value is -3.08. The number of carbonyl (C=O) groups is 1. The van der Waals surface area contributed by atoms with Crippen molar-refractivity contribution in [1.29, 1.82) is 0 Å². The van der Waals surface area contributed by atoms with Gasteiger partial charge >= 0.3 is 5.97 Å². The standard InChI is InChI=1S/C29H36N2O3/c1-19(21-9-12-24-25(17-21)29(4,5)14-13-28(24,2)3)34-22-10-7-20(8-11-22)23(18-26(32)33)27-30-15-16-31(27)6/h7-12,15-17,19,23H,13-14,18H2,1-6H3,(H,32,33)/t19?,23-/m0/s1. The molecule has 0 amide bonds. The molecule has 0 spiro atoms. The van der Waals surface area contributed by atoms with Crippen LogP contribution in [0.5, 0.6) is 5.75 Å². The van der Waals surface area contributed by atoms with Gasteiger partial charge in [0.1, 0.15) is 17.7 Å². The molecule has 0 bridgehead atoms. The molecular weight excluding hydrogens is 424 g/mol. The van der Waals surface area contributed by atoms with Gasteiger partial charge in [-0.3, -0.25) is 4.79 Å². The second-order valence-corrected chi connectivity index (χ2v) is 10.9. The highest BCUT2D eigenvalue weighted by Crippen LogP contribution is 2.46. The fourth-order valence-electron chi connectivity index (χ4n) is 5.16. The number of imidazole rings is 1. The Balaban J connectivity index is 1.55. The minimum absolute atomic E-state index is 0.0112. The van der Waals surface area contributed by atoms with Crippen LogP contribution >= 0.6 is 0 Å². The summed E-state index contributed by atoms with van der Waals surface area (Å²) in [6, 6.07) is 14.6. The third-order valence-electron chi connectivity index (χ3n) is 7.49. The number of rotatable bonds is 7. The van der Waals surface area contributed by atoms with Crippen LogP contribution in [0, 0.1) is 0 Å². The SMILES string of the molecule is CC(Oc1ccc([C@H](CC(=O)O)c2nccn2C)cc1)c1ccc2c(c1)C(C)(C)CCC2(C)C. The van der Waals surface area contributed by atoms with E-state index in [-0.39, 0.29) is 29.3 Å². The smallest absolute Gasteiger partial charge is 0.304 e. The lowest BCUT2D eigenvalue weighted by molar-refractivity contribution is -0.137. The lowest BCUT2D eigenvalue weighted by Gasteiger charge is -2.42. The topological polar surface area (TPSA) is 64.3 Å². The number of carboxylic acid groups (broad SMARTS) is 1. The predicted octanol–water partition coefficient (Wildman–Crippen LogP) is 6.52. The summed E-state index contributed by atoms with van der Waals surface area (Å²) in [4.78, 5) is 15.9. The number of fused-ring (bicyclic) bond motifs is 1. The normalized spacial score (nSPS) is 18.1. The van der Waals surface area contributed by atoms with Gasteiger partial charge in [-0.15, -0.1) is 0 Å². The number of hydrogen-bond acceptors (Lipinski definition) is 3. The number of aliphatic carboxylic acids is 1. The van der Waals surface area contributed by atoms with Gasteiger partial charge in [-0.05, 0) is 65.0 Å². The van der Waals surface area contributed by atoms with E-state index in [9.17, 15) is 9.90 Å². The first-order valence-electron chi connectivity index (χ1n) is 12.1. The van der Waals surface area contributed by atoms with Crippen LogP contribution in [-0.4, -0.2) is 20.6 Å². The minimum atomic E-state index is -0.847. The lowest BCUT2D eigenvalue weighted by atomic mass is 9.63. The van der Waals surface area contributed by atoms with Crippen molar-refractivity contribution in [3.05, 3.63) is 82.9 Å². The van der Waals surface area contributed by atoms with Gasteiger partial charge in [0.15, 0.2) is 0 Å². The molecule has 0 aliphatic heterocycles. The Labute approximate surface area is 202 Å². The third kappa shape index (κ3) is 4.75. The molecule has 34 heavy (non-hydrogen) atoms. The molecular formula is C29H36N2O3. The van der Waals surface area contributed by atoms with Gasteiger partial charge in [0.25, 0.3) is 0 Å². The predicted molar refractivity (Wildman–Crippen MR) is 135 cm³/mol. The van der Waals surface area contributed by atoms with E-state index in [0.29, 0.717) is 0 Å². The van der Waals surface area contributed by atoms with Crippen molar-refractivity contribution >= 4 is 5.97 Å². The molecule has 0 fully saturated rings. The van der Waals surface area contributed by atoms with Crippen molar-refractivity contribution in [2.75, 3.05) is 0 Å². The summed E-state index contributed by atoms with van der Waals surface area (Å²) in [5.41, 5.74) is 5.32. The van der Waals surface area contributed by atoms with E-state index in [2.05, 4.69) is 57.8 Å². The second kappa shape index (κ2) is 8.94. The molecule has 180 valence electrons. The van der Waals surface area contributed by atoms with E-state index in [1.54, 1.807) is 6.20 Å². The second-order valence-electron chi connectivity index (χ2n) is 10.9. The highest BCUT2D eigenvalue weighted by Gasteiger charge is 2.37. The highest BCUT2D eigenvalue weighted by atomic mass is 16.5. The van der Waals surface area contributed by atoms with Gasteiger partial charge in [0, 0.05) is 19.4 Å². The monoisotopic (exact) mass is 460 g/mol. The molecule has 0 saturated heterocycles. The molecule has 5 nitrogen and oxygen atoms in total. The molecule has 1 heterocycles. The van der Waals surface area contributed by atoms with E-state index in [4.69, 9.17) is 4.74 Å². The molecule has 4 rings (SSSR count). The molecule has 1 unspecified atom stereocenters. The zero-order valence-corrected chi connectivity index (χ0v) is 21.1. The number of ether oxygens (including phenoxy) is 1. The van der Waals surface area contributed by atoms with Crippen molar-refractivity contribution in [2.24, 2.45) is 7.05 Å². The summed E-state index contributed by atoms with van der Waals surface area (Å²) < 4.78 is 8.18. The van der Waals surface area contributed by atoms with Crippen molar-refractivity contribution in [3.8, 4) is 5.75 Å². The van der Waals surface area contributed by atoms with Gasteiger partial charge in [-0.25, -0.2) is 4.98 Å². The maximum atomic E-state index is 11.5. The fourth-order valence-corrected chi connectivity index (χ4v) is 5.16. The first-order valence-corrected chi connectivity index (χ1v) is 12.1. The van der Waals surface area contributed by atoms with E-state index in [0.717, 1.165) is 17.1 Å². The lowest BCUT2D eigenvalue weighted by Crippen LogP contribution is -2.34. The van der Waals surface area contributed by atoms with Crippen LogP contribution in [-0.2, 0) is 22.7 Å². The minimum Gasteiger partial charge on any atom is -0.486 e. The summed E-state index contributed by atoms with van der Waals surface area (Å²) in [5, 5.41) is 9.43. The maximum Gasteiger partial charge on any atom is 0.304 e. The van der Waals surface area contributed by atoms with Gasteiger partial charge in [-0.1, -0.05) is 58.0 Å². The molecule has 2 aromatic carbocycles. The summed E-state index contributed by atoms with van der Waals surface area (Å²) in [5.74, 6) is 0.349. The zero-order chi connectivity index (χ0) is 24.7. The first kappa shape index (κ1) is 24.1. The third-order valence-corrected chi connectivity index (χ3v) is 7.49. The van der Waals surface area contributed by atoms with Gasteiger partial charge < -0.3 is 14.4 Å². The number of aryl methyl sites for hydroxylation is 1. The van der Waals surface area contributed by atoms with Crippen LogP contribution in [0.3, 0.4) is 0 Å². The Kier molecular flexibility index (Phi) is 6.32. The van der Waals surface area contributed by atoms with E-state index in [1.165, 1.54) is 29.5 Å². The molecule has 3 aromatic rings. The molecule has 0 radical (unpaired) electrons. The molecule has 2 atom stereocenters. The largest absolute Gasteiger partial charge is 0.486 e. The zero-order valence-electron chi connectivity index (χ0n) is 21.1. The number of carboxylic acids is 1. The Morgan fingerprint density at radius 1 is 1.03 bits per heavy atom. The molecule has 0 saturated carbocycles. The van der Waals surface area contributed by atoms with Crippen LogP contribution < -0.4 is 4.74 Å². The fraction of sp³-hybridized carbons (Fsp3) is 0.448. The molecule has 1 aliphatic carbocycles. The van der Waals surface area contributed by atoms with Gasteiger partial charge in [0.2, 0.25) is 0 Å². The van der Waals surface area contributed by atoms with Crippen molar-refractivity contribution in [2.45, 2.75) is 76.7 Å². The van der Waals surface area contributed by atoms with Crippen LogP contribution in [0.15, 0.2) is 54.9 Å². The molecule has 1 aromatic heterocycles. The average Bonchev–Trinajstić information content (AvgIpc) is 3.21. The van der Waals surface area contributed by atoms with Crippen LogP contribution in [0.4, 0.5) is 0 Å². The summed E-state index contributed by atoms with van der Waals surface area (Å²) >= 11 is 0. The van der Waals surface area contributed by atoms with E-state index in [1.807, 2.05) is 42.1 Å². The molecule has 1 N–H and O–H groups in total. The van der Waals surface area contributed by atoms with Crippen molar-refractivity contribution in [3.63, 3.8) is 0 Å². The number of benzene rings is 2. The van der Waals surface area contributed by atoms with Gasteiger partial charge in [-0.2, -0.15) is 0 Å². The number of hydrogen-bond donors (Lipinski definition) is 1. The Morgan fingerprint density at radius 2 is 1.65 bits per heavy atom. The highest BCUT2D eigenvalue weighted by molar-refractivity contribution is 5.68. The maximum absolute atomic E-state index is 11.5.